The van der Waals surface area contributed by atoms with Crippen LogP contribution in [0.15, 0.2) is 30.6 Å². The lowest BCUT2D eigenvalue weighted by Gasteiger charge is -2.21. The summed E-state index contributed by atoms with van der Waals surface area (Å²) in [7, 11) is 1.78. The zero-order chi connectivity index (χ0) is 18.4. The van der Waals surface area contributed by atoms with Crippen molar-refractivity contribution >= 4 is 11.8 Å². The number of nitrogens with zero attached hydrogens (tertiary/aromatic N) is 3. The number of benzene rings is 1. The standard InChI is InChI=1S/C17H22FN5O2/c1-11(2)15(22-16(24)12-4-6-13(18)7-5-12)17(25)19-9-8-14-20-10-21-23(14)3/h4-7,10-11,15H,8-9H2,1-3H3,(H,19,25)(H,22,24). The van der Waals surface area contributed by atoms with Crippen LogP contribution in [-0.2, 0) is 18.3 Å². The van der Waals surface area contributed by atoms with E-state index in [1.54, 1.807) is 11.7 Å². The molecule has 2 amide bonds. The van der Waals surface area contributed by atoms with Crippen molar-refractivity contribution in [1.29, 1.82) is 0 Å². The Bertz CT molecular complexity index is 727. The SMILES string of the molecule is CC(C)C(NC(=O)c1ccc(F)cc1)C(=O)NCCc1ncnn1C. The summed E-state index contributed by atoms with van der Waals surface area (Å²) in [6, 6.07) is 4.50. The first kappa shape index (κ1) is 18.6. The lowest BCUT2D eigenvalue weighted by atomic mass is 10.0. The van der Waals surface area contributed by atoms with Gasteiger partial charge in [-0.15, -0.1) is 0 Å². The Labute approximate surface area is 145 Å². The van der Waals surface area contributed by atoms with Gasteiger partial charge < -0.3 is 10.6 Å². The lowest BCUT2D eigenvalue weighted by Crippen LogP contribution is -2.50. The molecule has 0 aliphatic carbocycles. The number of halogens is 1. The van der Waals surface area contributed by atoms with E-state index in [-0.39, 0.29) is 11.8 Å². The molecule has 0 bridgehead atoms. The highest BCUT2D eigenvalue weighted by molar-refractivity contribution is 5.97. The van der Waals surface area contributed by atoms with E-state index in [1.807, 2.05) is 13.8 Å². The fourth-order valence-electron chi connectivity index (χ4n) is 2.31. The molecule has 8 heteroatoms. The summed E-state index contributed by atoms with van der Waals surface area (Å²) in [5.74, 6) is -0.441. The molecule has 0 spiro atoms. The van der Waals surface area contributed by atoms with Gasteiger partial charge in [-0.05, 0) is 30.2 Å². The minimum Gasteiger partial charge on any atom is -0.354 e. The van der Waals surface area contributed by atoms with Crippen molar-refractivity contribution < 1.29 is 14.0 Å². The second kappa shape index (κ2) is 8.36. The Morgan fingerprint density at radius 2 is 1.92 bits per heavy atom. The molecule has 0 aliphatic rings. The number of nitrogens with one attached hydrogen (secondary N) is 2. The van der Waals surface area contributed by atoms with Crippen LogP contribution in [-0.4, -0.2) is 39.2 Å². The molecule has 0 saturated carbocycles. The van der Waals surface area contributed by atoms with Gasteiger partial charge in [0.15, 0.2) is 0 Å². The Hall–Kier alpha value is -2.77. The van der Waals surface area contributed by atoms with Crippen LogP contribution in [0.2, 0.25) is 0 Å². The summed E-state index contributed by atoms with van der Waals surface area (Å²) in [6.45, 7) is 4.08. The monoisotopic (exact) mass is 347 g/mol. The highest BCUT2D eigenvalue weighted by Crippen LogP contribution is 2.07. The van der Waals surface area contributed by atoms with Crippen LogP contribution in [0.25, 0.3) is 0 Å². The van der Waals surface area contributed by atoms with Gasteiger partial charge in [-0.2, -0.15) is 5.10 Å². The number of carbonyl (C=O) groups excluding carboxylic acids is 2. The number of aryl methyl sites for hydroxylation is 1. The molecule has 134 valence electrons. The van der Waals surface area contributed by atoms with Crippen molar-refractivity contribution in [3.8, 4) is 0 Å². The minimum atomic E-state index is -0.683. The van der Waals surface area contributed by atoms with Crippen LogP contribution < -0.4 is 10.6 Å². The first-order valence-electron chi connectivity index (χ1n) is 8.05. The van der Waals surface area contributed by atoms with Crippen molar-refractivity contribution in [3.63, 3.8) is 0 Å². The predicted molar refractivity (Wildman–Crippen MR) is 90.2 cm³/mol. The third-order valence-electron chi connectivity index (χ3n) is 3.80. The van der Waals surface area contributed by atoms with Gasteiger partial charge >= 0.3 is 0 Å². The fourth-order valence-corrected chi connectivity index (χ4v) is 2.31. The van der Waals surface area contributed by atoms with Crippen LogP contribution in [0.3, 0.4) is 0 Å². The first-order chi connectivity index (χ1) is 11.9. The second-order valence-electron chi connectivity index (χ2n) is 6.04. The highest BCUT2D eigenvalue weighted by Gasteiger charge is 2.24. The van der Waals surface area contributed by atoms with Crippen LogP contribution >= 0.6 is 0 Å². The van der Waals surface area contributed by atoms with Gasteiger partial charge in [0.25, 0.3) is 5.91 Å². The van der Waals surface area contributed by atoms with Crippen molar-refractivity contribution in [1.82, 2.24) is 25.4 Å². The molecule has 1 aromatic carbocycles. The average molecular weight is 347 g/mol. The van der Waals surface area contributed by atoms with E-state index in [4.69, 9.17) is 0 Å². The number of hydrogen-bond acceptors (Lipinski definition) is 4. The van der Waals surface area contributed by atoms with Crippen LogP contribution in [0, 0.1) is 11.7 Å². The molecule has 7 nitrogen and oxygen atoms in total. The molecule has 1 heterocycles. The van der Waals surface area contributed by atoms with Gasteiger partial charge in [0, 0.05) is 25.6 Å². The third kappa shape index (κ3) is 5.10. The van der Waals surface area contributed by atoms with Crippen LogP contribution in [0.1, 0.15) is 30.0 Å². The van der Waals surface area contributed by atoms with Crippen molar-refractivity contribution in [3.05, 3.63) is 47.8 Å². The van der Waals surface area contributed by atoms with E-state index in [0.29, 0.717) is 18.5 Å². The van der Waals surface area contributed by atoms with Crippen molar-refractivity contribution in [2.45, 2.75) is 26.3 Å². The summed E-state index contributed by atoms with van der Waals surface area (Å²) >= 11 is 0. The number of carbonyl (C=O) groups is 2. The van der Waals surface area contributed by atoms with E-state index in [1.165, 1.54) is 30.6 Å². The zero-order valence-electron chi connectivity index (χ0n) is 14.5. The van der Waals surface area contributed by atoms with Crippen molar-refractivity contribution in [2.24, 2.45) is 13.0 Å². The Morgan fingerprint density at radius 3 is 2.48 bits per heavy atom. The van der Waals surface area contributed by atoms with E-state index in [9.17, 15) is 14.0 Å². The molecule has 2 N–H and O–H groups in total. The molecule has 0 aliphatic heterocycles. The topological polar surface area (TPSA) is 88.9 Å². The maximum atomic E-state index is 12.9. The molecule has 0 saturated heterocycles. The fraction of sp³-hybridized carbons (Fsp3) is 0.412. The Morgan fingerprint density at radius 1 is 1.24 bits per heavy atom. The summed E-state index contributed by atoms with van der Waals surface area (Å²) in [5.41, 5.74) is 0.305. The third-order valence-corrected chi connectivity index (χ3v) is 3.80. The number of hydrogen-bond donors (Lipinski definition) is 2. The average Bonchev–Trinajstić information content (AvgIpc) is 2.97. The molecule has 1 unspecified atom stereocenters. The smallest absolute Gasteiger partial charge is 0.251 e. The summed E-state index contributed by atoms with van der Waals surface area (Å²) in [4.78, 5) is 28.7. The normalized spacial score (nSPS) is 12.0. The molecule has 2 aromatic rings. The van der Waals surface area contributed by atoms with Gasteiger partial charge in [0.05, 0.1) is 0 Å². The first-order valence-corrected chi connectivity index (χ1v) is 8.05. The number of aromatic nitrogens is 3. The van der Waals surface area contributed by atoms with E-state index >= 15 is 0 Å². The summed E-state index contributed by atoms with van der Waals surface area (Å²) in [5, 5.41) is 9.47. The van der Waals surface area contributed by atoms with E-state index < -0.39 is 17.8 Å². The van der Waals surface area contributed by atoms with Gasteiger partial charge in [0.1, 0.15) is 24.0 Å². The maximum absolute atomic E-state index is 12.9. The van der Waals surface area contributed by atoms with Crippen LogP contribution in [0.5, 0.6) is 0 Å². The van der Waals surface area contributed by atoms with Gasteiger partial charge in [0.2, 0.25) is 5.91 Å². The molecule has 1 aromatic heterocycles. The number of amides is 2. The highest BCUT2D eigenvalue weighted by atomic mass is 19.1. The lowest BCUT2D eigenvalue weighted by molar-refractivity contribution is -0.123. The molecule has 25 heavy (non-hydrogen) atoms. The van der Waals surface area contributed by atoms with E-state index in [0.717, 1.165) is 5.82 Å². The molecule has 1 atom stereocenters. The van der Waals surface area contributed by atoms with Gasteiger partial charge in [-0.25, -0.2) is 9.37 Å². The zero-order valence-corrected chi connectivity index (χ0v) is 14.5. The van der Waals surface area contributed by atoms with Gasteiger partial charge in [-0.1, -0.05) is 13.8 Å². The Balaban J connectivity index is 1.92. The van der Waals surface area contributed by atoms with Crippen LogP contribution in [0.4, 0.5) is 4.39 Å². The molecular weight excluding hydrogens is 325 g/mol. The molecule has 0 radical (unpaired) electrons. The Kier molecular flexibility index (Phi) is 6.21. The maximum Gasteiger partial charge on any atom is 0.251 e. The molecule has 0 fully saturated rings. The largest absolute Gasteiger partial charge is 0.354 e. The quantitative estimate of drug-likeness (QED) is 0.784. The molecular formula is C17H22FN5O2. The van der Waals surface area contributed by atoms with E-state index in [2.05, 4.69) is 20.7 Å². The molecule has 2 rings (SSSR count). The second-order valence-corrected chi connectivity index (χ2v) is 6.04. The summed E-state index contributed by atoms with van der Waals surface area (Å²) in [6.07, 6.45) is 2.00. The predicted octanol–water partition coefficient (Wildman–Crippen LogP) is 1.07. The summed E-state index contributed by atoms with van der Waals surface area (Å²) < 4.78 is 14.6. The van der Waals surface area contributed by atoms with Gasteiger partial charge in [-0.3, -0.25) is 14.3 Å². The van der Waals surface area contributed by atoms with Crippen molar-refractivity contribution in [2.75, 3.05) is 6.54 Å². The number of rotatable bonds is 7. The minimum absolute atomic E-state index is 0.0979.